The van der Waals surface area contributed by atoms with Crippen LogP contribution in [0.25, 0.3) is 0 Å². The molecule has 0 N–H and O–H groups in total. The van der Waals surface area contributed by atoms with E-state index in [1.165, 1.54) is 0 Å². The Morgan fingerprint density at radius 2 is 0.926 bits per heavy atom. The summed E-state index contributed by atoms with van der Waals surface area (Å²) in [5, 5.41) is 0. The van der Waals surface area contributed by atoms with Crippen molar-refractivity contribution < 1.29 is 42.3 Å². The minimum absolute atomic E-state index is 0.112. The van der Waals surface area contributed by atoms with Crippen LogP contribution in [0.3, 0.4) is 0 Å². The zero-order valence-corrected chi connectivity index (χ0v) is 16.3. The number of esters is 1. The highest BCUT2D eigenvalue weighted by atomic mass is 19.1. The number of halogens is 1. The molecule has 0 spiro atoms. The Labute approximate surface area is 160 Å². The van der Waals surface area contributed by atoms with Gasteiger partial charge in [0.15, 0.2) is 0 Å². The number of hydrogen-bond acceptors (Lipinski definition) is 8. The molecule has 8 nitrogen and oxygen atoms in total. The fourth-order valence-corrected chi connectivity index (χ4v) is 1.57. The first-order valence-electron chi connectivity index (χ1n) is 9.03. The van der Waals surface area contributed by atoms with E-state index in [0.29, 0.717) is 78.2 Å². The summed E-state index contributed by atoms with van der Waals surface area (Å²) >= 11 is 0. The lowest BCUT2D eigenvalue weighted by atomic mass is 10.4. The van der Waals surface area contributed by atoms with Crippen molar-refractivity contribution in [2.75, 3.05) is 92.6 Å². The molecular formula is C18H33FO8. The van der Waals surface area contributed by atoms with Gasteiger partial charge in [0, 0.05) is 5.57 Å². The zero-order valence-electron chi connectivity index (χ0n) is 16.3. The molecule has 0 aromatic heterocycles. The molecule has 0 aromatic rings. The van der Waals surface area contributed by atoms with E-state index in [0.717, 1.165) is 0 Å². The summed E-state index contributed by atoms with van der Waals surface area (Å²) in [5.74, 6) is -0.414. The lowest BCUT2D eigenvalue weighted by Crippen LogP contribution is -2.15. The smallest absolute Gasteiger partial charge is 0.333 e. The van der Waals surface area contributed by atoms with Gasteiger partial charge in [-0.1, -0.05) is 6.58 Å². The lowest BCUT2D eigenvalue weighted by Gasteiger charge is -2.08. The van der Waals surface area contributed by atoms with E-state index < -0.39 is 12.6 Å². The Morgan fingerprint density at radius 3 is 1.22 bits per heavy atom. The molecule has 0 aromatic carbocycles. The number of alkyl halides is 1. The van der Waals surface area contributed by atoms with E-state index in [1.54, 1.807) is 6.92 Å². The predicted molar refractivity (Wildman–Crippen MR) is 96.7 cm³/mol. The van der Waals surface area contributed by atoms with Gasteiger partial charge in [0.1, 0.15) is 13.3 Å². The number of hydrogen-bond donors (Lipinski definition) is 0. The standard InChI is InChI=1S/C18H33FO8/c1-17(2)18(20)27-16-15-26-14-13-25-12-11-24-10-9-23-8-7-22-6-5-21-4-3-19/h1,3-16H2,2H3. The Bertz CT molecular complexity index is 354. The molecule has 0 unspecified atom stereocenters. The number of carbonyl (C=O) groups is 1. The summed E-state index contributed by atoms with van der Waals surface area (Å²) in [4.78, 5) is 11.1. The molecule has 0 fully saturated rings. The van der Waals surface area contributed by atoms with E-state index >= 15 is 0 Å². The van der Waals surface area contributed by atoms with Gasteiger partial charge in [-0.15, -0.1) is 0 Å². The van der Waals surface area contributed by atoms with Gasteiger partial charge in [-0.2, -0.15) is 0 Å². The van der Waals surface area contributed by atoms with Crippen LogP contribution in [-0.2, 0) is 38.0 Å². The number of rotatable bonds is 21. The van der Waals surface area contributed by atoms with Crippen LogP contribution in [0.2, 0.25) is 0 Å². The number of carbonyl (C=O) groups excluding carboxylic acids is 1. The van der Waals surface area contributed by atoms with Crippen LogP contribution in [0.15, 0.2) is 12.2 Å². The molecule has 0 saturated carbocycles. The molecule has 0 rings (SSSR count). The van der Waals surface area contributed by atoms with Gasteiger partial charge in [-0.3, -0.25) is 0 Å². The van der Waals surface area contributed by atoms with Crippen LogP contribution >= 0.6 is 0 Å². The third kappa shape index (κ3) is 21.1. The largest absolute Gasteiger partial charge is 0.460 e. The van der Waals surface area contributed by atoms with Crippen LogP contribution < -0.4 is 0 Å². The molecular weight excluding hydrogens is 363 g/mol. The SMILES string of the molecule is C=C(C)C(=O)OCCOCCOCCOCCOCCOCCOCCF. The van der Waals surface area contributed by atoms with Crippen LogP contribution in [0.5, 0.6) is 0 Å². The van der Waals surface area contributed by atoms with Gasteiger partial charge in [0.05, 0.1) is 79.3 Å². The lowest BCUT2D eigenvalue weighted by molar-refractivity contribution is -0.140. The van der Waals surface area contributed by atoms with E-state index in [-0.39, 0.29) is 13.2 Å². The highest BCUT2D eigenvalue weighted by Gasteiger charge is 2.01. The average molecular weight is 396 g/mol. The minimum Gasteiger partial charge on any atom is -0.460 e. The van der Waals surface area contributed by atoms with Crippen molar-refractivity contribution >= 4 is 5.97 Å². The summed E-state index contributed by atoms with van der Waals surface area (Å²) in [6, 6.07) is 0. The van der Waals surface area contributed by atoms with Gasteiger partial charge in [0.25, 0.3) is 0 Å². The molecule has 0 aliphatic rings. The number of ether oxygens (including phenoxy) is 7. The van der Waals surface area contributed by atoms with E-state index in [1.807, 2.05) is 0 Å². The fraction of sp³-hybridized carbons (Fsp3) is 0.833. The zero-order chi connectivity index (χ0) is 20.0. The van der Waals surface area contributed by atoms with Crippen molar-refractivity contribution in [1.82, 2.24) is 0 Å². The van der Waals surface area contributed by atoms with Crippen molar-refractivity contribution in [3.63, 3.8) is 0 Å². The second-order valence-corrected chi connectivity index (χ2v) is 5.28. The molecule has 0 aliphatic heterocycles. The second kappa shape index (κ2) is 21.2. The van der Waals surface area contributed by atoms with Crippen molar-refractivity contribution in [3.05, 3.63) is 12.2 Å². The van der Waals surface area contributed by atoms with Crippen molar-refractivity contribution in [1.29, 1.82) is 0 Å². The fourth-order valence-electron chi connectivity index (χ4n) is 1.57. The van der Waals surface area contributed by atoms with Gasteiger partial charge < -0.3 is 33.2 Å². The molecule has 0 heterocycles. The third-order valence-corrected chi connectivity index (χ3v) is 2.89. The molecule has 0 saturated heterocycles. The third-order valence-electron chi connectivity index (χ3n) is 2.89. The Hall–Kier alpha value is -1.10. The van der Waals surface area contributed by atoms with Gasteiger partial charge in [-0.25, -0.2) is 9.18 Å². The Balaban J connectivity index is 3.05. The molecule has 0 radical (unpaired) electrons. The molecule has 0 amide bonds. The van der Waals surface area contributed by atoms with Gasteiger partial charge in [-0.05, 0) is 6.92 Å². The van der Waals surface area contributed by atoms with Gasteiger partial charge in [0.2, 0.25) is 0 Å². The summed E-state index contributed by atoms with van der Waals surface area (Å²) in [7, 11) is 0. The molecule has 27 heavy (non-hydrogen) atoms. The monoisotopic (exact) mass is 396 g/mol. The maximum Gasteiger partial charge on any atom is 0.333 e. The van der Waals surface area contributed by atoms with Crippen molar-refractivity contribution in [2.45, 2.75) is 6.92 Å². The average Bonchev–Trinajstić information content (AvgIpc) is 2.66. The minimum atomic E-state index is -0.475. The van der Waals surface area contributed by atoms with Gasteiger partial charge >= 0.3 is 5.97 Å². The summed E-state index contributed by atoms with van der Waals surface area (Å²) in [5.41, 5.74) is 0.369. The second-order valence-electron chi connectivity index (χ2n) is 5.28. The van der Waals surface area contributed by atoms with Crippen LogP contribution in [-0.4, -0.2) is 98.5 Å². The Kier molecular flexibility index (Phi) is 20.3. The van der Waals surface area contributed by atoms with Crippen LogP contribution in [0, 0.1) is 0 Å². The highest BCUT2D eigenvalue weighted by molar-refractivity contribution is 5.86. The van der Waals surface area contributed by atoms with Crippen molar-refractivity contribution in [3.8, 4) is 0 Å². The Morgan fingerprint density at radius 1 is 0.630 bits per heavy atom. The maximum absolute atomic E-state index is 11.7. The van der Waals surface area contributed by atoms with E-state index in [4.69, 9.17) is 33.2 Å². The van der Waals surface area contributed by atoms with Crippen LogP contribution in [0.4, 0.5) is 4.39 Å². The highest BCUT2D eigenvalue weighted by Crippen LogP contribution is 1.91. The van der Waals surface area contributed by atoms with E-state index in [2.05, 4.69) is 6.58 Å². The molecule has 9 heteroatoms. The quantitative estimate of drug-likeness (QED) is 0.163. The first-order chi connectivity index (χ1) is 13.2. The molecule has 0 bridgehead atoms. The van der Waals surface area contributed by atoms with Crippen LogP contribution in [0.1, 0.15) is 6.92 Å². The normalized spacial score (nSPS) is 10.9. The predicted octanol–water partition coefficient (Wildman–Crippen LogP) is 1.17. The summed E-state index contributed by atoms with van der Waals surface area (Å²) in [6.07, 6.45) is 0. The summed E-state index contributed by atoms with van der Waals surface area (Å²) < 4.78 is 48.0. The summed E-state index contributed by atoms with van der Waals surface area (Å²) in [6.45, 7) is 9.77. The first-order valence-corrected chi connectivity index (χ1v) is 9.03. The molecule has 160 valence electrons. The van der Waals surface area contributed by atoms with Crippen molar-refractivity contribution in [2.24, 2.45) is 0 Å². The molecule has 0 atom stereocenters. The maximum atomic E-state index is 11.7. The first kappa shape index (κ1) is 25.9. The van der Waals surface area contributed by atoms with E-state index in [9.17, 15) is 9.18 Å². The molecule has 0 aliphatic carbocycles. The topological polar surface area (TPSA) is 81.7 Å².